The Morgan fingerprint density at radius 2 is 1.46 bits per heavy atom. The molecule has 0 aromatic heterocycles. The van der Waals surface area contributed by atoms with Gasteiger partial charge in [-0.15, -0.1) is 0 Å². The van der Waals surface area contributed by atoms with Gasteiger partial charge in [-0.3, -0.25) is 0 Å². The molecule has 0 N–H and O–H groups in total. The summed E-state index contributed by atoms with van der Waals surface area (Å²) in [5.74, 6) is 0.627. The Balaban J connectivity index is 1.92. The summed E-state index contributed by atoms with van der Waals surface area (Å²) in [7, 11) is 0. The molecule has 0 saturated carbocycles. The molecule has 1 aliphatic rings. The maximum Gasteiger partial charge on any atom is 0.424 e. The van der Waals surface area contributed by atoms with E-state index in [0.29, 0.717) is 5.76 Å². The number of nitrogens with zero attached hydrogens (tertiary/aromatic N) is 1. The van der Waals surface area contributed by atoms with Gasteiger partial charge < -0.3 is 4.74 Å². The van der Waals surface area contributed by atoms with Crippen LogP contribution in [-0.2, 0) is 4.74 Å². The van der Waals surface area contributed by atoms with Crippen LogP contribution in [0.4, 0.5) is 16.2 Å². The van der Waals surface area contributed by atoms with Crippen LogP contribution in [0.2, 0.25) is 0 Å². The van der Waals surface area contributed by atoms with E-state index < -0.39 is 6.09 Å². The highest BCUT2D eigenvalue weighted by atomic mass is 16.6. The van der Waals surface area contributed by atoms with Gasteiger partial charge in [0.2, 0.25) is 0 Å². The Hall–Kier alpha value is -2.81. The van der Waals surface area contributed by atoms with Crippen LogP contribution in [0.5, 0.6) is 0 Å². The van der Waals surface area contributed by atoms with Gasteiger partial charge in [-0.25, -0.2) is 9.69 Å². The maximum atomic E-state index is 12.9. The number of carbonyl (C=O) groups excluding carboxylic acids is 1. The van der Waals surface area contributed by atoms with Crippen LogP contribution in [-0.4, -0.2) is 6.09 Å². The first-order valence-electron chi connectivity index (χ1n) is 7.98. The lowest BCUT2D eigenvalue weighted by Crippen LogP contribution is -2.27. The van der Waals surface area contributed by atoms with E-state index in [1.807, 2.05) is 74.0 Å². The summed E-state index contributed by atoms with van der Waals surface area (Å²) in [6.45, 7) is 4.02. The molecule has 0 fully saturated rings. The molecule has 121 valence electrons. The summed E-state index contributed by atoms with van der Waals surface area (Å²) in [5.41, 5.74) is 3.77. The molecule has 24 heavy (non-hydrogen) atoms. The summed E-state index contributed by atoms with van der Waals surface area (Å²) < 4.78 is 5.69. The van der Waals surface area contributed by atoms with E-state index in [4.69, 9.17) is 4.74 Å². The molecule has 0 unspecified atom stereocenters. The quantitative estimate of drug-likeness (QED) is 0.717. The van der Waals surface area contributed by atoms with E-state index in [1.54, 1.807) is 4.90 Å². The SMILES string of the molecule is CC1=CC(C)=C(OC(=O)N(c2ccccc2)c2ccccc2)[CH]C1. The van der Waals surface area contributed by atoms with E-state index in [0.717, 1.165) is 23.4 Å². The third-order valence-electron chi connectivity index (χ3n) is 3.87. The monoisotopic (exact) mass is 318 g/mol. The van der Waals surface area contributed by atoms with Crippen molar-refractivity contribution in [3.63, 3.8) is 0 Å². The molecule has 0 saturated heterocycles. The number of anilines is 2. The predicted molar refractivity (Wildman–Crippen MR) is 96.9 cm³/mol. The molecular weight excluding hydrogens is 298 g/mol. The van der Waals surface area contributed by atoms with Crippen molar-refractivity contribution in [3.05, 3.63) is 90.1 Å². The standard InChI is InChI=1S/C21H20NO2/c1-16-13-14-20(17(2)15-16)24-21(23)22(18-9-5-3-6-10-18)19-11-7-4-8-12-19/h3-12,14-15H,13H2,1-2H3. The Labute approximate surface area is 142 Å². The second kappa shape index (κ2) is 7.18. The Kier molecular flexibility index (Phi) is 4.80. The number of hydrogen-bond acceptors (Lipinski definition) is 2. The number of rotatable bonds is 3. The van der Waals surface area contributed by atoms with E-state index in [1.165, 1.54) is 5.57 Å². The molecule has 2 aromatic carbocycles. The highest BCUT2D eigenvalue weighted by molar-refractivity contribution is 5.96. The number of benzene rings is 2. The van der Waals surface area contributed by atoms with Crippen molar-refractivity contribution in [2.75, 3.05) is 4.90 Å². The fourth-order valence-electron chi connectivity index (χ4n) is 2.69. The zero-order valence-electron chi connectivity index (χ0n) is 13.9. The van der Waals surface area contributed by atoms with Gasteiger partial charge in [0.1, 0.15) is 5.76 Å². The number of ether oxygens (including phenoxy) is 1. The Morgan fingerprint density at radius 3 is 1.96 bits per heavy atom. The van der Waals surface area contributed by atoms with Crippen molar-refractivity contribution in [2.45, 2.75) is 20.3 Å². The second-order valence-corrected chi connectivity index (χ2v) is 5.82. The lowest BCUT2D eigenvalue weighted by atomic mass is 10.0. The average molecular weight is 318 g/mol. The van der Waals surface area contributed by atoms with Crippen LogP contribution in [0.1, 0.15) is 20.3 Å². The van der Waals surface area contributed by atoms with Crippen LogP contribution in [0.15, 0.2) is 83.6 Å². The fraction of sp³-hybridized carbons (Fsp3) is 0.143. The first kappa shape index (κ1) is 16.1. The van der Waals surface area contributed by atoms with Crippen LogP contribution >= 0.6 is 0 Å². The highest BCUT2D eigenvalue weighted by Crippen LogP contribution is 2.29. The number of carbonyl (C=O) groups is 1. The number of hydrogen-bond donors (Lipinski definition) is 0. The normalized spacial score (nSPS) is 14.2. The predicted octanol–water partition coefficient (Wildman–Crippen LogP) is 5.79. The van der Waals surface area contributed by atoms with Gasteiger partial charge in [-0.05, 0) is 50.1 Å². The lowest BCUT2D eigenvalue weighted by molar-refractivity contribution is 0.186. The molecule has 1 aliphatic carbocycles. The number of amides is 1. The Morgan fingerprint density at radius 1 is 0.917 bits per heavy atom. The Bertz CT molecular complexity index is 737. The smallest absolute Gasteiger partial charge is 0.414 e. The molecule has 0 atom stereocenters. The number of allylic oxidation sites excluding steroid dienone is 4. The van der Waals surface area contributed by atoms with Gasteiger partial charge in [0.25, 0.3) is 0 Å². The summed E-state index contributed by atoms with van der Waals surface area (Å²) >= 11 is 0. The first-order chi connectivity index (χ1) is 11.6. The third kappa shape index (κ3) is 3.57. The molecule has 1 amide bonds. The zero-order chi connectivity index (χ0) is 16.9. The molecule has 0 aliphatic heterocycles. The molecule has 0 heterocycles. The first-order valence-corrected chi connectivity index (χ1v) is 7.98. The van der Waals surface area contributed by atoms with Gasteiger partial charge in [-0.1, -0.05) is 48.0 Å². The molecule has 2 aromatic rings. The summed E-state index contributed by atoms with van der Waals surface area (Å²) in [6.07, 6.45) is 4.40. The molecule has 1 radical (unpaired) electrons. The number of para-hydroxylation sites is 2. The maximum absolute atomic E-state index is 12.9. The van der Waals surface area contributed by atoms with Crippen LogP contribution in [0, 0.1) is 6.42 Å². The van der Waals surface area contributed by atoms with Crippen molar-refractivity contribution < 1.29 is 9.53 Å². The van der Waals surface area contributed by atoms with Gasteiger partial charge in [0.05, 0.1) is 11.4 Å². The summed E-state index contributed by atoms with van der Waals surface area (Å²) in [5, 5.41) is 0. The van der Waals surface area contributed by atoms with Gasteiger partial charge >= 0.3 is 6.09 Å². The zero-order valence-corrected chi connectivity index (χ0v) is 13.9. The van der Waals surface area contributed by atoms with Crippen molar-refractivity contribution in [1.29, 1.82) is 0 Å². The van der Waals surface area contributed by atoms with Crippen molar-refractivity contribution in [1.82, 2.24) is 0 Å². The minimum absolute atomic E-state index is 0.411. The van der Waals surface area contributed by atoms with E-state index in [2.05, 4.69) is 13.0 Å². The van der Waals surface area contributed by atoms with Crippen molar-refractivity contribution >= 4 is 17.5 Å². The summed E-state index contributed by atoms with van der Waals surface area (Å²) in [6, 6.07) is 19.0. The van der Waals surface area contributed by atoms with Crippen LogP contribution in [0.25, 0.3) is 0 Å². The molecule has 0 spiro atoms. The lowest BCUT2D eigenvalue weighted by Gasteiger charge is -2.24. The molecular formula is C21H20NO2. The molecule has 3 heteroatoms. The minimum Gasteiger partial charge on any atom is -0.414 e. The van der Waals surface area contributed by atoms with E-state index in [9.17, 15) is 4.79 Å². The minimum atomic E-state index is -0.411. The van der Waals surface area contributed by atoms with Crippen molar-refractivity contribution in [3.8, 4) is 0 Å². The summed E-state index contributed by atoms with van der Waals surface area (Å²) in [4.78, 5) is 14.5. The fourth-order valence-corrected chi connectivity index (χ4v) is 2.69. The van der Waals surface area contributed by atoms with Crippen LogP contribution < -0.4 is 4.90 Å². The average Bonchev–Trinajstić information content (AvgIpc) is 2.60. The largest absolute Gasteiger partial charge is 0.424 e. The third-order valence-corrected chi connectivity index (χ3v) is 3.87. The van der Waals surface area contributed by atoms with Gasteiger partial charge in [0, 0.05) is 6.42 Å². The van der Waals surface area contributed by atoms with E-state index in [-0.39, 0.29) is 0 Å². The van der Waals surface area contributed by atoms with Gasteiger partial charge in [-0.2, -0.15) is 0 Å². The molecule has 3 rings (SSSR count). The molecule has 3 nitrogen and oxygen atoms in total. The second-order valence-electron chi connectivity index (χ2n) is 5.82. The van der Waals surface area contributed by atoms with Crippen LogP contribution in [0.3, 0.4) is 0 Å². The van der Waals surface area contributed by atoms with Gasteiger partial charge in [0.15, 0.2) is 0 Å². The topological polar surface area (TPSA) is 29.5 Å². The van der Waals surface area contributed by atoms with E-state index >= 15 is 0 Å². The highest BCUT2D eigenvalue weighted by Gasteiger charge is 2.22. The van der Waals surface area contributed by atoms with Crippen molar-refractivity contribution in [2.24, 2.45) is 0 Å². The molecule has 0 bridgehead atoms.